The molecule has 1 aromatic rings. The second-order valence-electron chi connectivity index (χ2n) is 5.29. The third kappa shape index (κ3) is 4.26. The normalized spacial score (nSPS) is 14.1. The van der Waals surface area contributed by atoms with E-state index in [0.717, 1.165) is 0 Å². The number of ether oxygens (including phenoxy) is 2. The highest BCUT2D eigenvalue weighted by Gasteiger charge is 2.30. The summed E-state index contributed by atoms with van der Waals surface area (Å²) in [6, 6.07) is 6.12. The van der Waals surface area contributed by atoms with Crippen molar-refractivity contribution in [2.24, 2.45) is 0 Å². The van der Waals surface area contributed by atoms with E-state index in [4.69, 9.17) is 9.47 Å². The Labute approximate surface area is 157 Å². The molecule has 0 fully saturated rings. The molecular formula is C18H20N2O6S. The van der Waals surface area contributed by atoms with Crippen molar-refractivity contribution in [3.8, 4) is 0 Å². The Morgan fingerprint density at radius 1 is 1.07 bits per heavy atom. The lowest BCUT2D eigenvalue weighted by atomic mass is 10.1. The first-order chi connectivity index (χ1) is 12.9. The summed E-state index contributed by atoms with van der Waals surface area (Å²) >= 11 is 0. The van der Waals surface area contributed by atoms with Crippen LogP contribution in [0.15, 0.2) is 64.9 Å². The monoisotopic (exact) mass is 392 g/mol. The molecule has 0 amide bonds. The van der Waals surface area contributed by atoms with E-state index in [9.17, 15) is 18.0 Å². The highest BCUT2D eigenvalue weighted by Crippen LogP contribution is 2.31. The van der Waals surface area contributed by atoms with Crippen molar-refractivity contribution in [2.75, 3.05) is 25.7 Å². The number of benzene rings is 1. The van der Waals surface area contributed by atoms with E-state index in [1.165, 1.54) is 49.6 Å². The van der Waals surface area contributed by atoms with Gasteiger partial charge in [-0.15, -0.1) is 0 Å². The number of methoxy groups -OCH3 is 2. The smallest absolute Gasteiger partial charge is 0.355 e. The largest absolute Gasteiger partial charge is 0.465 e. The zero-order valence-electron chi connectivity index (χ0n) is 15.1. The Morgan fingerprint density at radius 3 is 2.37 bits per heavy atom. The van der Waals surface area contributed by atoms with Gasteiger partial charge in [-0.1, -0.05) is 25.1 Å². The van der Waals surface area contributed by atoms with Crippen LogP contribution in [0.4, 0.5) is 5.69 Å². The van der Waals surface area contributed by atoms with Crippen LogP contribution in [0.1, 0.15) is 6.92 Å². The highest BCUT2D eigenvalue weighted by molar-refractivity contribution is 7.89. The zero-order valence-corrected chi connectivity index (χ0v) is 15.9. The lowest BCUT2D eigenvalue weighted by molar-refractivity contribution is -0.139. The molecule has 0 atom stereocenters. The van der Waals surface area contributed by atoms with Crippen molar-refractivity contribution >= 4 is 27.6 Å². The van der Waals surface area contributed by atoms with Gasteiger partial charge in [-0.3, -0.25) is 0 Å². The summed E-state index contributed by atoms with van der Waals surface area (Å²) in [5.41, 5.74) is -0.0429. The molecule has 0 unspecified atom stereocenters. The maximum atomic E-state index is 12.6. The molecule has 1 aliphatic rings. The molecule has 0 saturated carbocycles. The van der Waals surface area contributed by atoms with Crippen molar-refractivity contribution in [1.29, 1.82) is 0 Å². The van der Waals surface area contributed by atoms with Crippen molar-refractivity contribution in [3.05, 3.63) is 60.0 Å². The Morgan fingerprint density at radius 2 is 1.74 bits per heavy atom. The Hall–Kier alpha value is -2.91. The summed E-state index contributed by atoms with van der Waals surface area (Å²) in [4.78, 5) is 25.9. The van der Waals surface area contributed by atoms with Crippen molar-refractivity contribution in [3.63, 3.8) is 0 Å². The quantitative estimate of drug-likeness (QED) is 0.732. The molecule has 2 rings (SSSR count). The molecule has 0 saturated heterocycles. The maximum absolute atomic E-state index is 12.6. The predicted molar refractivity (Wildman–Crippen MR) is 99.1 cm³/mol. The molecule has 1 aliphatic heterocycles. The lowest BCUT2D eigenvalue weighted by Crippen LogP contribution is -2.30. The molecule has 27 heavy (non-hydrogen) atoms. The standard InChI is InChI=1S/C18H20N2O6S/c1-4-19-27(23,24)15-11-6-5-10-14(15)20-12-8-7-9-13(17(21)25-2)16(20)18(22)26-3/h5-12,19H,4H2,1-3H3. The first-order valence-electron chi connectivity index (χ1n) is 8.01. The first kappa shape index (κ1) is 20.4. The molecule has 0 aliphatic carbocycles. The Kier molecular flexibility index (Phi) is 6.54. The van der Waals surface area contributed by atoms with Gasteiger partial charge in [0.1, 0.15) is 10.6 Å². The van der Waals surface area contributed by atoms with E-state index in [2.05, 4.69) is 4.72 Å². The SMILES string of the molecule is CCNS(=O)(=O)c1ccccc1N1C=CC=CC(C(=O)OC)=C1C(=O)OC. The summed E-state index contributed by atoms with van der Waals surface area (Å²) in [5.74, 6) is -1.57. The molecule has 1 heterocycles. The molecular weight excluding hydrogens is 372 g/mol. The average molecular weight is 392 g/mol. The molecule has 0 radical (unpaired) electrons. The topological polar surface area (TPSA) is 102 Å². The summed E-state index contributed by atoms with van der Waals surface area (Å²) < 4.78 is 37.2. The number of anilines is 1. The van der Waals surface area contributed by atoms with Gasteiger partial charge in [0.2, 0.25) is 10.0 Å². The van der Waals surface area contributed by atoms with Crippen LogP contribution in [0, 0.1) is 0 Å². The summed E-state index contributed by atoms with van der Waals surface area (Å²) in [6.45, 7) is 1.85. The number of para-hydroxylation sites is 1. The van der Waals surface area contributed by atoms with E-state index < -0.39 is 22.0 Å². The van der Waals surface area contributed by atoms with Gasteiger partial charge in [0, 0.05) is 12.7 Å². The van der Waals surface area contributed by atoms with Crippen LogP contribution in [-0.4, -0.2) is 41.1 Å². The molecule has 144 valence electrons. The van der Waals surface area contributed by atoms with Gasteiger partial charge in [0.15, 0.2) is 0 Å². The molecule has 0 aromatic heterocycles. The fourth-order valence-electron chi connectivity index (χ4n) is 2.50. The molecule has 0 bridgehead atoms. The van der Waals surface area contributed by atoms with E-state index in [1.54, 1.807) is 25.1 Å². The number of hydrogen-bond acceptors (Lipinski definition) is 7. The summed E-state index contributed by atoms with van der Waals surface area (Å²) in [7, 11) is -1.48. The van der Waals surface area contributed by atoms with Gasteiger partial charge in [-0.2, -0.15) is 0 Å². The number of rotatable bonds is 6. The van der Waals surface area contributed by atoms with Crippen molar-refractivity contribution in [1.82, 2.24) is 4.72 Å². The fourth-order valence-corrected chi connectivity index (χ4v) is 3.74. The molecule has 1 N–H and O–H groups in total. The molecule has 1 aromatic carbocycles. The first-order valence-corrected chi connectivity index (χ1v) is 9.49. The molecule has 9 heteroatoms. The minimum absolute atomic E-state index is 0.0518. The zero-order chi connectivity index (χ0) is 20.0. The van der Waals surface area contributed by atoms with Crippen LogP contribution in [0.2, 0.25) is 0 Å². The number of sulfonamides is 1. The van der Waals surface area contributed by atoms with E-state index in [1.807, 2.05) is 0 Å². The van der Waals surface area contributed by atoms with E-state index in [0.29, 0.717) is 0 Å². The third-order valence-corrected chi connectivity index (χ3v) is 5.23. The maximum Gasteiger partial charge on any atom is 0.355 e. The summed E-state index contributed by atoms with van der Waals surface area (Å²) in [5, 5.41) is 0. The lowest BCUT2D eigenvalue weighted by Gasteiger charge is -2.25. The third-order valence-electron chi connectivity index (χ3n) is 3.64. The van der Waals surface area contributed by atoms with Gasteiger partial charge in [-0.25, -0.2) is 22.7 Å². The van der Waals surface area contributed by atoms with Crippen LogP contribution >= 0.6 is 0 Å². The fraction of sp³-hybridized carbons (Fsp3) is 0.222. The van der Waals surface area contributed by atoms with Gasteiger partial charge >= 0.3 is 11.9 Å². The second-order valence-corrected chi connectivity index (χ2v) is 7.02. The van der Waals surface area contributed by atoms with Crippen LogP contribution < -0.4 is 9.62 Å². The number of carbonyl (C=O) groups excluding carboxylic acids is 2. The predicted octanol–water partition coefficient (Wildman–Crippen LogP) is 1.47. The number of hydrogen-bond donors (Lipinski definition) is 1. The number of carbonyl (C=O) groups is 2. The number of nitrogens with one attached hydrogen (secondary N) is 1. The molecule has 8 nitrogen and oxygen atoms in total. The molecule has 0 spiro atoms. The Balaban J connectivity index is 2.77. The van der Waals surface area contributed by atoms with Crippen molar-refractivity contribution in [2.45, 2.75) is 11.8 Å². The van der Waals surface area contributed by atoms with Gasteiger partial charge in [0.25, 0.3) is 0 Å². The van der Waals surface area contributed by atoms with Crippen molar-refractivity contribution < 1.29 is 27.5 Å². The minimum Gasteiger partial charge on any atom is -0.465 e. The van der Waals surface area contributed by atoms with Crippen LogP contribution in [0.3, 0.4) is 0 Å². The van der Waals surface area contributed by atoms with Crippen LogP contribution in [0.5, 0.6) is 0 Å². The van der Waals surface area contributed by atoms with E-state index >= 15 is 0 Å². The Bertz CT molecular complexity index is 931. The minimum atomic E-state index is -3.84. The second kappa shape index (κ2) is 8.65. The average Bonchev–Trinajstić information content (AvgIpc) is 2.89. The van der Waals surface area contributed by atoms with Gasteiger partial charge in [0.05, 0.1) is 25.5 Å². The number of allylic oxidation sites excluding steroid dienone is 2. The van der Waals surface area contributed by atoms with Crippen LogP contribution in [-0.2, 0) is 29.1 Å². The van der Waals surface area contributed by atoms with Crippen LogP contribution in [0.25, 0.3) is 0 Å². The number of esters is 2. The number of nitrogens with zero attached hydrogens (tertiary/aromatic N) is 1. The van der Waals surface area contributed by atoms with E-state index in [-0.39, 0.29) is 28.4 Å². The van der Waals surface area contributed by atoms with Gasteiger partial charge in [-0.05, 0) is 24.3 Å². The summed E-state index contributed by atoms with van der Waals surface area (Å²) in [6.07, 6.45) is 5.97. The van der Waals surface area contributed by atoms with Gasteiger partial charge < -0.3 is 14.4 Å². The highest BCUT2D eigenvalue weighted by atomic mass is 32.2.